The zero-order valence-electron chi connectivity index (χ0n) is 4.38. The van der Waals surface area contributed by atoms with Crippen molar-refractivity contribution in [1.82, 2.24) is 0 Å². The Balaban J connectivity index is 3.59. The SMILES string of the molecule is FC(CCCl)C(F)(F)F. The molecule has 9 heavy (non-hydrogen) atoms. The Morgan fingerprint density at radius 2 is 1.78 bits per heavy atom. The lowest BCUT2D eigenvalue weighted by molar-refractivity contribution is -0.180. The second kappa shape index (κ2) is 3.25. The third-order valence-corrected chi connectivity index (χ3v) is 0.936. The van der Waals surface area contributed by atoms with Crippen LogP contribution in [0.4, 0.5) is 17.6 Å². The minimum Gasteiger partial charge on any atom is -0.237 e. The highest BCUT2D eigenvalue weighted by atomic mass is 35.5. The maximum Gasteiger partial charge on any atom is 0.419 e. The Morgan fingerprint density at radius 1 is 1.33 bits per heavy atom. The van der Waals surface area contributed by atoms with Crippen molar-refractivity contribution < 1.29 is 17.6 Å². The predicted octanol–water partition coefficient (Wildman–Crippen LogP) is 2.52. The molecule has 0 bridgehead atoms. The molecule has 0 amide bonds. The Morgan fingerprint density at radius 3 is 1.89 bits per heavy atom. The summed E-state index contributed by atoms with van der Waals surface area (Å²) in [5.74, 6) is -0.305. The van der Waals surface area contributed by atoms with Crippen molar-refractivity contribution in [2.45, 2.75) is 18.8 Å². The van der Waals surface area contributed by atoms with Crippen LogP contribution < -0.4 is 0 Å². The van der Waals surface area contributed by atoms with E-state index in [1.807, 2.05) is 0 Å². The van der Waals surface area contributed by atoms with Crippen LogP contribution >= 0.6 is 11.6 Å². The summed E-state index contributed by atoms with van der Waals surface area (Å²) in [6.45, 7) is 0. The summed E-state index contributed by atoms with van der Waals surface area (Å²) in [6.07, 6.45) is -8.17. The fourth-order valence-corrected chi connectivity index (χ4v) is 0.451. The first-order valence-corrected chi connectivity index (χ1v) is 2.78. The first kappa shape index (κ1) is 9.01. The highest BCUT2D eigenvalue weighted by molar-refractivity contribution is 6.17. The van der Waals surface area contributed by atoms with Crippen LogP contribution in [-0.4, -0.2) is 18.2 Å². The molecule has 56 valence electrons. The molecule has 0 N–H and O–H groups in total. The van der Waals surface area contributed by atoms with E-state index < -0.39 is 18.8 Å². The second-order valence-electron chi connectivity index (χ2n) is 1.49. The molecule has 0 aliphatic carbocycles. The average molecular weight is 165 g/mol. The Kier molecular flexibility index (Phi) is 3.25. The summed E-state index contributed by atoms with van der Waals surface area (Å²) in [4.78, 5) is 0. The van der Waals surface area contributed by atoms with Gasteiger partial charge in [0.2, 0.25) is 0 Å². The molecule has 0 aliphatic heterocycles. The van der Waals surface area contributed by atoms with Gasteiger partial charge in [0, 0.05) is 12.3 Å². The molecule has 0 saturated heterocycles. The third kappa shape index (κ3) is 3.56. The van der Waals surface area contributed by atoms with Crippen molar-refractivity contribution in [3.63, 3.8) is 0 Å². The molecular weight excluding hydrogens is 159 g/mol. The first-order chi connectivity index (χ1) is 3.98. The van der Waals surface area contributed by atoms with Gasteiger partial charge in [0.15, 0.2) is 6.17 Å². The number of alkyl halides is 5. The van der Waals surface area contributed by atoms with Gasteiger partial charge in [-0.1, -0.05) is 0 Å². The highest BCUT2D eigenvalue weighted by Crippen LogP contribution is 2.25. The number of halogens is 5. The van der Waals surface area contributed by atoms with E-state index in [0.29, 0.717) is 0 Å². The Bertz CT molecular complexity index is 79.1. The van der Waals surface area contributed by atoms with Gasteiger partial charge < -0.3 is 0 Å². The van der Waals surface area contributed by atoms with Crippen LogP contribution in [0.25, 0.3) is 0 Å². The largest absolute Gasteiger partial charge is 0.419 e. The van der Waals surface area contributed by atoms with Crippen LogP contribution in [0.15, 0.2) is 0 Å². The first-order valence-electron chi connectivity index (χ1n) is 2.25. The maximum atomic E-state index is 11.7. The molecule has 0 spiro atoms. The van der Waals surface area contributed by atoms with Crippen LogP contribution in [0.1, 0.15) is 6.42 Å². The smallest absolute Gasteiger partial charge is 0.237 e. The van der Waals surface area contributed by atoms with Crippen molar-refractivity contribution in [2.24, 2.45) is 0 Å². The van der Waals surface area contributed by atoms with Gasteiger partial charge in [0.05, 0.1) is 0 Å². The van der Waals surface area contributed by atoms with Crippen molar-refractivity contribution in [3.8, 4) is 0 Å². The molecule has 1 atom stereocenters. The van der Waals surface area contributed by atoms with Crippen LogP contribution in [0.3, 0.4) is 0 Å². The van der Waals surface area contributed by atoms with E-state index in [-0.39, 0.29) is 5.88 Å². The van der Waals surface area contributed by atoms with Gasteiger partial charge in [-0.25, -0.2) is 4.39 Å². The summed E-state index contributed by atoms with van der Waals surface area (Å²) in [6, 6.07) is 0. The molecule has 0 fully saturated rings. The predicted molar refractivity (Wildman–Crippen MR) is 26.3 cm³/mol. The molecule has 0 rings (SSSR count). The summed E-state index contributed by atoms with van der Waals surface area (Å²) >= 11 is 4.86. The molecule has 0 aliphatic rings. The Hall–Kier alpha value is 0.01000. The van der Waals surface area contributed by atoms with E-state index in [0.717, 1.165) is 0 Å². The lowest BCUT2D eigenvalue weighted by Crippen LogP contribution is -2.24. The monoisotopic (exact) mass is 164 g/mol. The molecule has 0 saturated carbocycles. The average Bonchev–Trinajstić information content (AvgIpc) is 1.64. The van der Waals surface area contributed by atoms with Crippen LogP contribution in [0.2, 0.25) is 0 Å². The van der Waals surface area contributed by atoms with Crippen molar-refractivity contribution >= 4 is 11.6 Å². The molecule has 5 heteroatoms. The van der Waals surface area contributed by atoms with Crippen LogP contribution in [-0.2, 0) is 0 Å². The van der Waals surface area contributed by atoms with E-state index in [1.165, 1.54) is 0 Å². The van der Waals surface area contributed by atoms with E-state index in [4.69, 9.17) is 11.6 Å². The van der Waals surface area contributed by atoms with Gasteiger partial charge in [-0.15, -0.1) is 11.6 Å². The fraction of sp³-hybridized carbons (Fsp3) is 1.00. The topological polar surface area (TPSA) is 0 Å². The van der Waals surface area contributed by atoms with E-state index in [9.17, 15) is 17.6 Å². The molecule has 0 aromatic heterocycles. The van der Waals surface area contributed by atoms with Crippen molar-refractivity contribution in [2.75, 3.05) is 5.88 Å². The Labute approximate surface area is 54.8 Å². The number of hydrogen-bond donors (Lipinski definition) is 0. The lowest BCUT2D eigenvalue weighted by Gasteiger charge is -2.09. The molecule has 0 nitrogen and oxygen atoms in total. The number of hydrogen-bond acceptors (Lipinski definition) is 0. The van der Waals surface area contributed by atoms with Crippen LogP contribution in [0.5, 0.6) is 0 Å². The zero-order valence-corrected chi connectivity index (χ0v) is 5.14. The van der Waals surface area contributed by atoms with Crippen LogP contribution in [0, 0.1) is 0 Å². The van der Waals surface area contributed by atoms with E-state index in [1.54, 1.807) is 0 Å². The van der Waals surface area contributed by atoms with Gasteiger partial charge in [-0.2, -0.15) is 13.2 Å². The highest BCUT2D eigenvalue weighted by Gasteiger charge is 2.39. The lowest BCUT2D eigenvalue weighted by atomic mass is 10.3. The van der Waals surface area contributed by atoms with Gasteiger partial charge in [0.25, 0.3) is 0 Å². The summed E-state index contributed by atoms with van der Waals surface area (Å²) in [7, 11) is 0. The van der Waals surface area contributed by atoms with E-state index >= 15 is 0 Å². The molecule has 0 aromatic rings. The second-order valence-corrected chi connectivity index (χ2v) is 1.86. The quantitative estimate of drug-likeness (QED) is 0.435. The van der Waals surface area contributed by atoms with Gasteiger partial charge in [-0.3, -0.25) is 0 Å². The fourth-order valence-electron chi connectivity index (χ4n) is 0.259. The molecular formula is C4H5ClF4. The molecule has 1 unspecified atom stereocenters. The standard InChI is InChI=1S/C4H5ClF4/c5-2-1-3(6)4(7,8)9/h3H,1-2H2. The summed E-state index contributed by atoms with van der Waals surface area (Å²) in [5.41, 5.74) is 0. The third-order valence-electron chi connectivity index (χ3n) is 0.718. The minimum atomic E-state index is -4.74. The van der Waals surface area contributed by atoms with Gasteiger partial charge in [-0.05, 0) is 0 Å². The number of rotatable bonds is 2. The normalized spacial score (nSPS) is 15.7. The summed E-state index contributed by atoms with van der Waals surface area (Å²) in [5, 5.41) is 0. The van der Waals surface area contributed by atoms with Crippen molar-refractivity contribution in [3.05, 3.63) is 0 Å². The zero-order chi connectivity index (χ0) is 7.49. The minimum absolute atomic E-state index is 0.305. The van der Waals surface area contributed by atoms with Gasteiger partial charge in [0.1, 0.15) is 0 Å². The van der Waals surface area contributed by atoms with Gasteiger partial charge >= 0.3 is 6.18 Å². The molecule has 0 heterocycles. The van der Waals surface area contributed by atoms with E-state index in [2.05, 4.69) is 0 Å². The molecule has 0 radical (unpaired) electrons. The summed E-state index contributed by atoms with van der Waals surface area (Å²) < 4.78 is 45.3. The molecule has 0 aromatic carbocycles. The van der Waals surface area contributed by atoms with Crippen molar-refractivity contribution in [1.29, 1.82) is 0 Å². The maximum absolute atomic E-state index is 11.7.